The summed E-state index contributed by atoms with van der Waals surface area (Å²) in [4.78, 5) is 2.59. The number of fused-ring (bicyclic) bond motifs is 16. The summed E-state index contributed by atoms with van der Waals surface area (Å²) in [7, 11) is 0. The van der Waals surface area contributed by atoms with Crippen LogP contribution in [0.3, 0.4) is 0 Å². The zero-order chi connectivity index (χ0) is 47.7. The third-order valence-electron chi connectivity index (χ3n) is 16.3. The van der Waals surface area contributed by atoms with E-state index in [0.29, 0.717) is 0 Å². The average molecular weight is 918 g/mol. The van der Waals surface area contributed by atoms with Crippen LogP contribution in [0.25, 0.3) is 87.6 Å². The molecule has 0 fully saturated rings. The van der Waals surface area contributed by atoms with Crippen molar-refractivity contribution in [1.29, 1.82) is 0 Å². The van der Waals surface area contributed by atoms with E-state index in [1.807, 2.05) is 0 Å². The van der Waals surface area contributed by atoms with E-state index < -0.39 is 5.41 Å². The van der Waals surface area contributed by atoms with Crippen LogP contribution in [0, 0.1) is 0 Å². The minimum atomic E-state index is -0.564. The molecular formula is C70H47NO. The Morgan fingerprint density at radius 3 is 1.58 bits per heavy atom. The molecule has 0 N–H and O–H groups in total. The smallest absolute Gasteiger partial charge is 0.136 e. The number of furan rings is 1. The maximum absolute atomic E-state index is 6.51. The van der Waals surface area contributed by atoms with Crippen LogP contribution in [0.2, 0.25) is 0 Å². The molecule has 72 heavy (non-hydrogen) atoms. The van der Waals surface area contributed by atoms with Gasteiger partial charge in [0.2, 0.25) is 0 Å². The summed E-state index contributed by atoms with van der Waals surface area (Å²) in [6.45, 7) is 4.81. The van der Waals surface area contributed by atoms with Gasteiger partial charge in [-0.05, 0) is 131 Å². The van der Waals surface area contributed by atoms with E-state index in [1.165, 1.54) is 105 Å². The van der Waals surface area contributed by atoms with Gasteiger partial charge >= 0.3 is 0 Å². The molecule has 2 heteroatoms. The van der Waals surface area contributed by atoms with Crippen LogP contribution in [-0.2, 0) is 10.8 Å². The first-order valence-corrected chi connectivity index (χ1v) is 25.2. The van der Waals surface area contributed by atoms with Gasteiger partial charge in [0.05, 0.1) is 16.8 Å². The number of para-hydroxylation sites is 2. The van der Waals surface area contributed by atoms with E-state index in [1.54, 1.807) is 0 Å². The topological polar surface area (TPSA) is 16.4 Å². The third-order valence-corrected chi connectivity index (χ3v) is 16.3. The van der Waals surface area contributed by atoms with Gasteiger partial charge in [0, 0.05) is 32.8 Å². The van der Waals surface area contributed by atoms with E-state index >= 15 is 0 Å². The molecule has 0 saturated carbocycles. The first-order valence-electron chi connectivity index (χ1n) is 25.2. The van der Waals surface area contributed by atoms with Gasteiger partial charge in [-0.25, -0.2) is 0 Å². The van der Waals surface area contributed by atoms with Crippen molar-refractivity contribution in [2.45, 2.75) is 24.7 Å². The Hall–Kier alpha value is -8.98. The zero-order valence-electron chi connectivity index (χ0n) is 40.0. The number of nitrogens with zero attached hydrogens (tertiary/aromatic N) is 1. The van der Waals surface area contributed by atoms with Crippen molar-refractivity contribution in [1.82, 2.24) is 0 Å². The Balaban J connectivity index is 1.04. The largest absolute Gasteiger partial charge is 0.456 e. The van der Waals surface area contributed by atoms with Gasteiger partial charge in [0.1, 0.15) is 11.2 Å². The molecule has 0 saturated heterocycles. The number of hydrogen-bond donors (Lipinski definition) is 0. The third kappa shape index (κ3) is 5.49. The second-order valence-corrected chi connectivity index (χ2v) is 20.2. The highest BCUT2D eigenvalue weighted by molar-refractivity contribution is 6.36. The summed E-state index contributed by atoms with van der Waals surface area (Å²) in [5, 5.41) is 9.65. The second-order valence-electron chi connectivity index (χ2n) is 20.2. The monoisotopic (exact) mass is 917 g/mol. The number of hydrogen-bond acceptors (Lipinski definition) is 2. The number of rotatable bonds is 6. The van der Waals surface area contributed by atoms with Crippen molar-refractivity contribution in [3.8, 4) is 33.4 Å². The van der Waals surface area contributed by atoms with Crippen molar-refractivity contribution in [3.05, 3.63) is 282 Å². The van der Waals surface area contributed by atoms with Crippen LogP contribution < -0.4 is 4.90 Å². The maximum Gasteiger partial charge on any atom is 0.136 e. The summed E-state index contributed by atoms with van der Waals surface area (Å²) in [5.74, 6) is 0. The fraction of sp³-hybridized carbons (Fsp3) is 0.0571. The highest BCUT2D eigenvalue weighted by atomic mass is 16.3. The van der Waals surface area contributed by atoms with Gasteiger partial charge in [-0.2, -0.15) is 0 Å². The summed E-state index contributed by atoms with van der Waals surface area (Å²) < 4.78 is 6.51. The lowest BCUT2D eigenvalue weighted by molar-refractivity contribution is 0.661. The second kappa shape index (κ2) is 15.3. The molecule has 0 unspecified atom stereocenters. The number of anilines is 3. The fourth-order valence-electron chi connectivity index (χ4n) is 13.4. The summed E-state index contributed by atoms with van der Waals surface area (Å²) >= 11 is 0. The molecule has 0 bridgehead atoms. The van der Waals surface area contributed by atoms with Gasteiger partial charge in [-0.15, -0.1) is 0 Å². The van der Waals surface area contributed by atoms with Crippen LogP contribution in [0.4, 0.5) is 17.1 Å². The van der Waals surface area contributed by atoms with Crippen molar-refractivity contribution in [3.63, 3.8) is 0 Å². The Bertz CT molecular complexity index is 4300. The average Bonchev–Trinajstić information content (AvgIpc) is 4.05. The molecule has 2 aliphatic rings. The van der Waals surface area contributed by atoms with E-state index in [2.05, 4.69) is 267 Å². The molecule has 12 aromatic carbocycles. The Labute approximate surface area is 418 Å². The van der Waals surface area contributed by atoms with E-state index in [9.17, 15) is 0 Å². The van der Waals surface area contributed by atoms with Crippen molar-refractivity contribution in [2.24, 2.45) is 0 Å². The summed E-state index contributed by atoms with van der Waals surface area (Å²) in [6, 6.07) is 92.5. The Kier molecular flexibility index (Phi) is 8.66. The first kappa shape index (κ1) is 40.9. The standard InChI is InChI=1S/C70H47NO/c1-69(2)58-34-15-11-26-48(58)56-33-20-37-62(68(56)69)71(46-39-40-49-47-25-12-16-35-59(47)70(60(49)43-46,44-21-5-3-6-22-44)45-23-7-4-8-24-45)61-36-17-13-27-50(61)51-31-19-32-53-55-41-42-64-67(57-30-14-18-38-63(57)72-64)66(55)54-29-10-9-28-52(54)65(51)53/h3-43H,1-2H3. The molecule has 1 heterocycles. The Morgan fingerprint density at radius 1 is 0.319 bits per heavy atom. The summed E-state index contributed by atoms with van der Waals surface area (Å²) in [5.41, 5.74) is 19.6. The van der Waals surface area contributed by atoms with Gasteiger partial charge in [-0.3, -0.25) is 0 Å². The molecule has 15 rings (SSSR count). The van der Waals surface area contributed by atoms with Crippen LogP contribution in [0.15, 0.2) is 253 Å². The molecule has 0 spiro atoms. The molecular weight excluding hydrogens is 871 g/mol. The first-order chi connectivity index (χ1) is 35.5. The van der Waals surface area contributed by atoms with Gasteiger partial charge in [0.25, 0.3) is 0 Å². The molecule has 0 atom stereocenters. The molecule has 1 aromatic heterocycles. The molecule has 338 valence electrons. The molecule has 0 amide bonds. The fourth-order valence-corrected chi connectivity index (χ4v) is 13.4. The van der Waals surface area contributed by atoms with Crippen LogP contribution in [-0.4, -0.2) is 0 Å². The van der Waals surface area contributed by atoms with Crippen LogP contribution in [0.1, 0.15) is 47.2 Å². The predicted octanol–water partition coefficient (Wildman–Crippen LogP) is 18.9. The highest BCUT2D eigenvalue weighted by Crippen LogP contribution is 2.60. The van der Waals surface area contributed by atoms with Crippen LogP contribution in [0.5, 0.6) is 0 Å². The molecule has 13 aromatic rings. The molecule has 2 nitrogen and oxygen atoms in total. The lowest BCUT2D eigenvalue weighted by Gasteiger charge is -2.36. The minimum Gasteiger partial charge on any atom is -0.456 e. The molecule has 0 radical (unpaired) electrons. The Morgan fingerprint density at radius 2 is 0.833 bits per heavy atom. The van der Waals surface area contributed by atoms with E-state index in [0.717, 1.165) is 33.5 Å². The van der Waals surface area contributed by atoms with Gasteiger partial charge in [0.15, 0.2) is 0 Å². The predicted molar refractivity (Wildman–Crippen MR) is 301 cm³/mol. The van der Waals surface area contributed by atoms with Gasteiger partial charge < -0.3 is 9.32 Å². The minimum absolute atomic E-state index is 0.280. The molecule has 2 aliphatic carbocycles. The highest BCUT2D eigenvalue weighted by Gasteiger charge is 2.47. The lowest BCUT2D eigenvalue weighted by Crippen LogP contribution is -2.29. The normalized spacial score (nSPS) is 13.9. The zero-order valence-corrected chi connectivity index (χ0v) is 40.0. The maximum atomic E-state index is 6.51. The SMILES string of the molecule is CC1(C)c2ccccc2-c2cccc(N(c3ccc4c(c3)C(c3ccccc3)(c3ccccc3)c3ccccc3-4)c3ccccc3-c3cccc4c5ccc6oc7ccccc7c6c5c5ccccc5c34)c21. The molecule has 0 aliphatic heterocycles. The number of benzene rings is 12. The van der Waals surface area contributed by atoms with E-state index in [-0.39, 0.29) is 5.41 Å². The van der Waals surface area contributed by atoms with E-state index in [4.69, 9.17) is 4.42 Å². The van der Waals surface area contributed by atoms with Crippen molar-refractivity contribution < 1.29 is 4.42 Å². The lowest BCUT2D eigenvalue weighted by atomic mass is 9.67. The van der Waals surface area contributed by atoms with Crippen LogP contribution >= 0.6 is 0 Å². The van der Waals surface area contributed by atoms with Crippen molar-refractivity contribution in [2.75, 3.05) is 4.90 Å². The van der Waals surface area contributed by atoms with Gasteiger partial charge in [-0.1, -0.05) is 220 Å². The summed E-state index contributed by atoms with van der Waals surface area (Å²) in [6.07, 6.45) is 0. The van der Waals surface area contributed by atoms with Crippen molar-refractivity contribution >= 4 is 71.3 Å². The quantitative estimate of drug-likeness (QED) is 0.155.